The molecule has 2 rings (SSSR count). The second kappa shape index (κ2) is 6.33. The number of nitrogens with zero attached hydrogens (tertiary/aromatic N) is 1. The van der Waals surface area contributed by atoms with Crippen LogP contribution in [0.1, 0.15) is 18.1 Å². The van der Waals surface area contributed by atoms with Gasteiger partial charge in [0.15, 0.2) is 0 Å². The summed E-state index contributed by atoms with van der Waals surface area (Å²) in [4.78, 5) is 0. The second-order valence-electron chi connectivity index (χ2n) is 4.06. The largest absolute Gasteiger partial charge is 0.493 e. The van der Waals surface area contributed by atoms with E-state index in [-0.39, 0.29) is 5.82 Å². The zero-order valence-electron chi connectivity index (χ0n) is 10.5. The van der Waals surface area contributed by atoms with Crippen molar-refractivity contribution in [3.63, 3.8) is 0 Å². The molecular weight excluding hydrogens is 265 g/mol. The molecule has 1 N–H and O–H groups in total. The average Bonchev–Trinajstić information content (AvgIpc) is 2.92. The van der Waals surface area contributed by atoms with Gasteiger partial charge in [-0.1, -0.05) is 5.16 Å². The number of halogens is 1. The van der Waals surface area contributed by atoms with Crippen molar-refractivity contribution in [3.05, 3.63) is 52.0 Å². The average molecular weight is 279 g/mol. The molecule has 0 spiro atoms. The van der Waals surface area contributed by atoms with E-state index in [0.29, 0.717) is 23.6 Å². The van der Waals surface area contributed by atoms with Crippen LogP contribution in [0, 0.1) is 5.82 Å². The highest BCUT2D eigenvalue weighted by molar-refractivity contribution is 7.07. The molecule has 0 amide bonds. The number of oxime groups is 1. The molecule has 0 aliphatic carbocycles. The molecule has 3 nitrogen and oxygen atoms in total. The fraction of sp³-hybridized carbons (Fsp3) is 0.214. The van der Waals surface area contributed by atoms with E-state index in [4.69, 9.17) is 9.94 Å². The number of hydrogen-bond acceptors (Lipinski definition) is 4. The molecule has 0 radical (unpaired) electrons. The smallest absolute Gasteiger partial charge is 0.128 e. The van der Waals surface area contributed by atoms with Gasteiger partial charge in [0.05, 0.1) is 12.3 Å². The molecule has 100 valence electrons. The van der Waals surface area contributed by atoms with Gasteiger partial charge in [0, 0.05) is 12.0 Å². The van der Waals surface area contributed by atoms with Crippen LogP contribution < -0.4 is 4.74 Å². The minimum Gasteiger partial charge on any atom is -0.493 e. The Morgan fingerprint density at radius 2 is 2.26 bits per heavy atom. The Labute approximate surface area is 115 Å². The normalized spacial score (nSPS) is 11.6. The molecule has 2 aromatic rings. The summed E-state index contributed by atoms with van der Waals surface area (Å²) >= 11 is 1.64. The number of hydrogen-bond donors (Lipinski definition) is 1. The van der Waals surface area contributed by atoms with Crippen LogP contribution in [0.15, 0.2) is 40.2 Å². The molecule has 0 aliphatic heterocycles. The molecule has 1 aromatic carbocycles. The first kappa shape index (κ1) is 13.5. The quantitative estimate of drug-likeness (QED) is 0.515. The van der Waals surface area contributed by atoms with Gasteiger partial charge in [0.2, 0.25) is 0 Å². The lowest BCUT2D eigenvalue weighted by molar-refractivity contribution is 0.313. The molecule has 0 saturated carbocycles. The van der Waals surface area contributed by atoms with Crippen molar-refractivity contribution >= 4 is 17.0 Å². The fourth-order valence-corrected chi connectivity index (χ4v) is 2.38. The van der Waals surface area contributed by atoms with Crippen LogP contribution in [0.3, 0.4) is 0 Å². The standard InChI is InChI=1S/C14H14FNO2S/c1-10(16-17)13-8-12(15)2-3-14(13)18-6-4-11-5-7-19-9-11/h2-3,5,7-9,17H,4,6H2,1H3. The van der Waals surface area contributed by atoms with E-state index in [0.717, 1.165) is 6.42 Å². The van der Waals surface area contributed by atoms with E-state index in [1.54, 1.807) is 24.3 Å². The van der Waals surface area contributed by atoms with Gasteiger partial charge in [-0.15, -0.1) is 0 Å². The molecule has 0 unspecified atom stereocenters. The van der Waals surface area contributed by atoms with E-state index in [1.807, 2.05) is 11.4 Å². The predicted molar refractivity (Wildman–Crippen MR) is 73.9 cm³/mol. The molecule has 0 atom stereocenters. The summed E-state index contributed by atoms with van der Waals surface area (Å²) in [5.74, 6) is 0.134. The highest BCUT2D eigenvalue weighted by Crippen LogP contribution is 2.21. The van der Waals surface area contributed by atoms with Gasteiger partial charge in [0.1, 0.15) is 11.6 Å². The fourth-order valence-electron chi connectivity index (χ4n) is 1.68. The molecule has 5 heteroatoms. The maximum absolute atomic E-state index is 13.2. The Kier molecular flexibility index (Phi) is 4.52. The summed E-state index contributed by atoms with van der Waals surface area (Å²) < 4.78 is 18.8. The second-order valence-corrected chi connectivity index (χ2v) is 4.84. The minimum absolute atomic E-state index is 0.324. The molecule has 0 aliphatic rings. The third kappa shape index (κ3) is 3.54. The third-order valence-electron chi connectivity index (χ3n) is 2.71. The highest BCUT2D eigenvalue weighted by atomic mass is 32.1. The monoisotopic (exact) mass is 279 g/mol. The number of rotatable bonds is 5. The predicted octanol–water partition coefficient (Wildman–Crippen LogP) is 3.71. The summed E-state index contributed by atoms with van der Waals surface area (Å²) in [6.07, 6.45) is 0.787. The minimum atomic E-state index is -0.386. The van der Waals surface area contributed by atoms with Crippen molar-refractivity contribution in [2.45, 2.75) is 13.3 Å². The first-order valence-corrected chi connectivity index (χ1v) is 6.77. The molecule has 0 fully saturated rings. The lowest BCUT2D eigenvalue weighted by Gasteiger charge is -2.10. The first-order chi connectivity index (χ1) is 9.20. The van der Waals surface area contributed by atoms with Gasteiger partial charge >= 0.3 is 0 Å². The molecule has 1 heterocycles. The van der Waals surface area contributed by atoms with E-state index < -0.39 is 0 Å². The Balaban J connectivity index is 2.07. The van der Waals surface area contributed by atoms with Gasteiger partial charge in [-0.25, -0.2) is 4.39 Å². The molecule has 1 aromatic heterocycles. The summed E-state index contributed by atoms with van der Waals surface area (Å²) in [5.41, 5.74) is 2.00. The van der Waals surface area contributed by atoms with Crippen LogP contribution in [0.25, 0.3) is 0 Å². The maximum Gasteiger partial charge on any atom is 0.128 e. The maximum atomic E-state index is 13.2. The molecule has 0 saturated heterocycles. The Hall–Kier alpha value is -1.88. The van der Waals surface area contributed by atoms with Gasteiger partial charge in [-0.3, -0.25) is 0 Å². The SMILES string of the molecule is CC(=NO)c1cc(F)ccc1OCCc1ccsc1. The van der Waals surface area contributed by atoms with Crippen molar-refractivity contribution in [2.24, 2.45) is 5.16 Å². The van der Waals surface area contributed by atoms with Crippen LogP contribution in [-0.4, -0.2) is 17.5 Å². The van der Waals surface area contributed by atoms with Gasteiger partial charge in [-0.05, 0) is 47.5 Å². The molecule has 19 heavy (non-hydrogen) atoms. The van der Waals surface area contributed by atoms with Crippen molar-refractivity contribution in [1.82, 2.24) is 0 Å². The number of ether oxygens (including phenoxy) is 1. The lowest BCUT2D eigenvalue weighted by Crippen LogP contribution is -2.06. The summed E-state index contributed by atoms with van der Waals surface area (Å²) in [5, 5.41) is 16.0. The van der Waals surface area contributed by atoms with E-state index in [2.05, 4.69) is 10.5 Å². The Morgan fingerprint density at radius 3 is 2.95 bits per heavy atom. The zero-order chi connectivity index (χ0) is 13.7. The Bertz CT molecular complexity index is 567. The van der Waals surface area contributed by atoms with Crippen LogP contribution in [0.4, 0.5) is 4.39 Å². The van der Waals surface area contributed by atoms with Crippen molar-refractivity contribution in [2.75, 3.05) is 6.61 Å². The van der Waals surface area contributed by atoms with Crippen molar-refractivity contribution < 1.29 is 14.3 Å². The van der Waals surface area contributed by atoms with Crippen molar-refractivity contribution in [3.8, 4) is 5.75 Å². The third-order valence-corrected chi connectivity index (χ3v) is 3.44. The van der Waals surface area contributed by atoms with Gasteiger partial charge in [0.25, 0.3) is 0 Å². The summed E-state index contributed by atoms with van der Waals surface area (Å²) in [7, 11) is 0. The van der Waals surface area contributed by atoms with E-state index in [9.17, 15) is 4.39 Å². The van der Waals surface area contributed by atoms with Gasteiger partial charge in [-0.2, -0.15) is 11.3 Å². The van der Waals surface area contributed by atoms with Crippen LogP contribution >= 0.6 is 11.3 Å². The summed E-state index contributed by atoms with van der Waals surface area (Å²) in [6.45, 7) is 2.09. The van der Waals surface area contributed by atoms with Crippen LogP contribution in [-0.2, 0) is 6.42 Å². The van der Waals surface area contributed by atoms with Crippen molar-refractivity contribution in [1.29, 1.82) is 0 Å². The molecule has 0 bridgehead atoms. The zero-order valence-corrected chi connectivity index (χ0v) is 11.3. The summed E-state index contributed by atoms with van der Waals surface area (Å²) in [6, 6.07) is 6.22. The number of benzene rings is 1. The van der Waals surface area contributed by atoms with Crippen LogP contribution in [0.5, 0.6) is 5.75 Å². The lowest BCUT2D eigenvalue weighted by atomic mass is 10.1. The topological polar surface area (TPSA) is 41.8 Å². The highest BCUT2D eigenvalue weighted by Gasteiger charge is 2.09. The Morgan fingerprint density at radius 1 is 1.42 bits per heavy atom. The van der Waals surface area contributed by atoms with Gasteiger partial charge < -0.3 is 9.94 Å². The molecular formula is C14H14FNO2S. The van der Waals surface area contributed by atoms with Crippen LogP contribution in [0.2, 0.25) is 0 Å². The number of thiophene rings is 1. The van der Waals surface area contributed by atoms with E-state index >= 15 is 0 Å². The van der Waals surface area contributed by atoms with E-state index in [1.165, 1.54) is 17.7 Å². The first-order valence-electron chi connectivity index (χ1n) is 5.83.